The molecule has 0 amide bonds. The topological polar surface area (TPSA) is 64.0 Å². The highest BCUT2D eigenvalue weighted by Gasteiger charge is 2.22. The fourth-order valence-corrected chi connectivity index (χ4v) is 5.03. The van der Waals surface area contributed by atoms with Crippen molar-refractivity contribution in [3.8, 4) is 28.3 Å². The largest absolute Gasteiger partial charge is 0.489 e. The number of hydrogen-bond donors (Lipinski definition) is 2. The Kier molecular flexibility index (Phi) is 7.32. The number of rotatable bonds is 8. The molecular formula is C32H30FN5O. The number of pyridine rings is 1. The third kappa shape index (κ3) is 5.84. The van der Waals surface area contributed by atoms with E-state index < -0.39 is 0 Å². The van der Waals surface area contributed by atoms with Crippen LogP contribution in [0.4, 0.5) is 15.9 Å². The maximum atomic E-state index is 13.7. The lowest BCUT2D eigenvalue weighted by Crippen LogP contribution is -2.29. The second-order valence-corrected chi connectivity index (χ2v) is 9.69. The molecule has 6 nitrogen and oxygen atoms in total. The van der Waals surface area contributed by atoms with Crippen molar-refractivity contribution in [2.75, 3.05) is 18.4 Å². The monoisotopic (exact) mass is 519 g/mol. The molecule has 7 heteroatoms. The summed E-state index contributed by atoms with van der Waals surface area (Å²) >= 11 is 0. The first kappa shape index (κ1) is 24.8. The van der Waals surface area contributed by atoms with Gasteiger partial charge in [-0.15, -0.1) is 0 Å². The highest BCUT2D eigenvalue weighted by molar-refractivity contribution is 5.80. The van der Waals surface area contributed by atoms with Crippen LogP contribution >= 0.6 is 0 Å². The Morgan fingerprint density at radius 2 is 1.69 bits per heavy atom. The van der Waals surface area contributed by atoms with Crippen LogP contribution in [-0.2, 0) is 6.61 Å². The third-order valence-corrected chi connectivity index (χ3v) is 7.00. The van der Waals surface area contributed by atoms with Gasteiger partial charge in [0.05, 0.1) is 17.7 Å². The van der Waals surface area contributed by atoms with E-state index in [1.165, 1.54) is 12.1 Å². The van der Waals surface area contributed by atoms with Crippen molar-refractivity contribution in [2.45, 2.75) is 25.5 Å². The van der Waals surface area contributed by atoms with Gasteiger partial charge in [0.25, 0.3) is 0 Å². The second-order valence-electron chi connectivity index (χ2n) is 9.69. The van der Waals surface area contributed by atoms with Gasteiger partial charge in [-0.25, -0.2) is 14.4 Å². The van der Waals surface area contributed by atoms with Crippen molar-refractivity contribution in [3.05, 3.63) is 115 Å². The van der Waals surface area contributed by atoms with Crippen LogP contribution in [0.2, 0.25) is 0 Å². The second kappa shape index (κ2) is 11.5. The number of anilines is 2. The summed E-state index contributed by atoms with van der Waals surface area (Å²) in [5.74, 6) is 1.24. The predicted molar refractivity (Wildman–Crippen MR) is 152 cm³/mol. The lowest BCUT2D eigenvalue weighted by atomic mass is 10.0. The Labute approximate surface area is 227 Å². The summed E-state index contributed by atoms with van der Waals surface area (Å²) in [6.07, 6.45) is 5.78. The van der Waals surface area contributed by atoms with Crippen LogP contribution in [0, 0.1) is 5.82 Å². The molecule has 5 aromatic rings. The Hall–Kier alpha value is -4.49. The quantitative estimate of drug-likeness (QED) is 0.231. The van der Waals surface area contributed by atoms with E-state index in [4.69, 9.17) is 9.72 Å². The molecule has 1 aliphatic rings. The first-order valence-electron chi connectivity index (χ1n) is 13.3. The van der Waals surface area contributed by atoms with E-state index in [2.05, 4.69) is 20.2 Å². The normalized spacial score (nSPS) is 13.8. The standard InChI is InChI=1S/C32H30FN5O/c33-26-11-9-24(10-12-26)31-32(38(22-36-31)28-14-16-34-17-15-28)25-13-18-35-30(19-25)37-27-7-4-8-29(20-27)39-21-23-5-2-1-3-6-23/h1-13,18-20,22,28,34H,14-17,21H2,(H,35,37). The van der Waals surface area contributed by atoms with Gasteiger partial charge in [0.2, 0.25) is 0 Å². The number of ether oxygens (including phenoxy) is 1. The van der Waals surface area contributed by atoms with Gasteiger partial charge in [0.15, 0.2) is 0 Å². The maximum absolute atomic E-state index is 13.7. The molecule has 0 radical (unpaired) electrons. The number of hydrogen-bond acceptors (Lipinski definition) is 5. The van der Waals surface area contributed by atoms with E-state index >= 15 is 0 Å². The molecule has 0 saturated carbocycles. The average molecular weight is 520 g/mol. The van der Waals surface area contributed by atoms with Crippen molar-refractivity contribution in [1.82, 2.24) is 19.9 Å². The van der Waals surface area contributed by atoms with Crippen LogP contribution < -0.4 is 15.4 Å². The molecule has 1 saturated heterocycles. The fourth-order valence-electron chi connectivity index (χ4n) is 5.03. The number of halogens is 1. The minimum atomic E-state index is -0.261. The van der Waals surface area contributed by atoms with Gasteiger partial charge in [-0.3, -0.25) is 0 Å². The molecule has 0 atom stereocenters. The number of nitrogens with zero attached hydrogens (tertiary/aromatic N) is 3. The van der Waals surface area contributed by atoms with Crippen LogP contribution in [0.15, 0.2) is 104 Å². The van der Waals surface area contributed by atoms with Crippen LogP contribution in [0.1, 0.15) is 24.4 Å². The number of aromatic nitrogens is 3. The fraction of sp³-hybridized carbons (Fsp3) is 0.188. The summed E-state index contributed by atoms with van der Waals surface area (Å²) in [7, 11) is 0. The average Bonchev–Trinajstić information content (AvgIpc) is 3.43. The van der Waals surface area contributed by atoms with Gasteiger partial charge in [-0.2, -0.15) is 0 Å². The Bertz CT molecular complexity index is 1530. The van der Waals surface area contributed by atoms with E-state index in [1.807, 2.05) is 79.3 Å². The molecule has 0 spiro atoms. The number of piperidine rings is 1. The molecule has 2 N–H and O–H groups in total. The summed E-state index contributed by atoms with van der Waals surface area (Å²) in [4.78, 5) is 9.38. The maximum Gasteiger partial charge on any atom is 0.130 e. The van der Waals surface area contributed by atoms with Crippen molar-refractivity contribution in [3.63, 3.8) is 0 Å². The molecule has 0 aliphatic carbocycles. The molecule has 2 aromatic heterocycles. The van der Waals surface area contributed by atoms with Gasteiger partial charge < -0.3 is 19.9 Å². The van der Waals surface area contributed by atoms with E-state index in [9.17, 15) is 4.39 Å². The van der Waals surface area contributed by atoms with E-state index in [-0.39, 0.29) is 5.82 Å². The van der Waals surface area contributed by atoms with Crippen molar-refractivity contribution < 1.29 is 9.13 Å². The van der Waals surface area contributed by atoms with Crippen LogP contribution in [-0.4, -0.2) is 27.6 Å². The predicted octanol–water partition coefficient (Wildman–Crippen LogP) is 7.00. The number of benzene rings is 3. The molecule has 6 rings (SSSR count). The van der Waals surface area contributed by atoms with Crippen molar-refractivity contribution in [2.24, 2.45) is 0 Å². The van der Waals surface area contributed by atoms with Crippen molar-refractivity contribution >= 4 is 11.5 Å². The van der Waals surface area contributed by atoms with Gasteiger partial charge in [-0.05, 0) is 80.0 Å². The van der Waals surface area contributed by atoms with E-state index in [1.54, 1.807) is 12.1 Å². The zero-order valence-corrected chi connectivity index (χ0v) is 21.6. The molecule has 39 heavy (non-hydrogen) atoms. The van der Waals surface area contributed by atoms with E-state index in [0.29, 0.717) is 12.6 Å². The summed E-state index contributed by atoms with van der Waals surface area (Å²) in [5.41, 5.74) is 5.73. The number of nitrogens with one attached hydrogen (secondary N) is 2. The summed E-state index contributed by atoms with van der Waals surface area (Å²) in [5, 5.41) is 6.87. The van der Waals surface area contributed by atoms with Gasteiger partial charge in [-0.1, -0.05) is 36.4 Å². The first-order chi connectivity index (χ1) is 19.2. The SMILES string of the molecule is Fc1ccc(-c2ncn(C3CCNCC3)c2-c2ccnc(Nc3cccc(OCc4ccccc4)c3)c2)cc1. The molecule has 3 heterocycles. The van der Waals surface area contributed by atoms with Gasteiger partial charge >= 0.3 is 0 Å². The van der Waals surface area contributed by atoms with Crippen molar-refractivity contribution in [1.29, 1.82) is 0 Å². The lowest BCUT2D eigenvalue weighted by molar-refractivity contribution is 0.306. The first-order valence-corrected chi connectivity index (χ1v) is 13.3. The minimum absolute atomic E-state index is 0.261. The summed E-state index contributed by atoms with van der Waals surface area (Å²) in [6, 6.07) is 28.9. The molecule has 196 valence electrons. The lowest BCUT2D eigenvalue weighted by Gasteiger charge is -2.26. The third-order valence-electron chi connectivity index (χ3n) is 7.00. The summed E-state index contributed by atoms with van der Waals surface area (Å²) < 4.78 is 22.0. The molecular weight excluding hydrogens is 489 g/mol. The highest BCUT2D eigenvalue weighted by atomic mass is 19.1. The summed E-state index contributed by atoms with van der Waals surface area (Å²) in [6.45, 7) is 2.45. The van der Waals surface area contributed by atoms with E-state index in [0.717, 1.165) is 71.3 Å². The van der Waals surface area contributed by atoms with Gasteiger partial charge in [0, 0.05) is 35.1 Å². The minimum Gasteiger partial charge on any atom is -0.489 e. The Morgan fingerprint density at radius 1 is 0.872 bits per heavy atom. The molecule has 1 aliphatic heterocycles. The van der Waals surface area contributed by atoms with Crippen LogP contribution in [0.5, 0.6) is 5.75 Å². The molecule has 0 unspecified atom stereocenters. The van der Waals surface area contributed by atoms with Crippen LogP contribution in [0.25, 0.3) is 22.5 Å². The van der Waals surface area contributed by atoms with Crippen LogP contribution in [0.3, 0.4) is 0 Å². The molecule has 1 fully saturated rings. The molecule has 0 bridgehead atoms. The van der Waals surface area contributed by atoms with Gasteiger partial charge in [0.1, 0.15) is 24.0 Å². The Balaban J connectivity index is 1.29. The number of imidazole rings is 1. The zero-order chi connectivity index (χ0) is 26.4. The molecule has 3 aromatic carbocycles. The smallest absolute Gasteiger partial charge is 0.130 e. The zero-order valence-electron chi connectivity index (χ0n) is 21.6. The Morgan fingerprint density at radius 3 is 2.51 bits per heavy atom. The highest BCUT2D eigenvalue weighted by Crippen LogP contribution is 2.36.